The van der Waals surface area contributed by atoms with Gasteiger partial charge in [-0.05, 0) is 40.5 Å². The summed E-state index contributed by atoms with van der Waals surface area (Å²) < 4.78 is 1.93. The Morgan fingerprint density at radius 1 is 1.21 bits per heavy atom. The molecule has 1 aromatic rings. The Kier molecular flexibility index (Phi) is 4.63. The summed E-state index contributed by atoms with van der Waals surface area (Å²) in [4.78, 5) is 2.60. The Labute approximate surface area is 116 Å². The Bertz CT molecular complexity index is 417. The van der Waals surface area contributed by atoms with Crippen molar-refractivity contribution >= 4 is 0 Å². The zero-order valence-electron chi connectivity index (χ0n) is 12.7. The van der Waals surface area contributed by atoms with E-state index in [1.807, 2.05) is 4.68 Å². The van der Waals surface area contributed by atoms with Crippen molar-refractivity contribution in [1.82, 2.24) is 14.7 Å². The van der Waals surface area contributed by atoms with Crippen LogP contribution in [0.3, 0.4) is 0 Å². The molecule has 1 aliphatic rings. The topological polar surface area (TPSA) is 41.3 Å². The molecule has 108 valence electrons. The number of nitrogens with zero attached hydrogens (tertiary/aromatic N) is 3. The highest BCUT2D eigenvalue weighted by molar-refractivity contribution is 5.24. The largest absolute Gasteiger partial charge is 0.394 e. The summed E-state index contributed by atoms with van der Waals surface area (Å²) in [5.41, 5.74) is 3.65. The van der Waals surface area contributed by atoms with Gasteiger partial charge in [0.25, 0.3) is 0 Å². The quantitative estimate of drug-likeness (QED) is 0.908. The first-order valence-electron chi connectivity index (χ1n) is 7.44. The highest BCUT2D eigenvalue weighted by Gasteiger charge is 2.26. The van der Waals surface area contributed by atoms with Crippen molar-refractivity contribution in [3.05, 3.63) is 17.0 Å². The van der Waals surface area contributed by atoms with Gasteiger partial charge in [-0.15, -0.1) is 0 Å². The molecule has 0 unspecified atom stereocenters. The number of hydrogen-bond donors (Lipinski definition) is 1. The van der Waals surface area contributed by atoms with Crippen LogP contribution in [0.5, 0.6) is 0 Å². The van der Waals surface area contributed by atoms with Crippen LogP contribution < -0.4 is 0 Å². The van der Waals surface area contributed by atoms with Crippen LogP contribution in [0.2, 0.25) is 0 Å². The number of aliphatic hydroxyl groups excluding tert-OH is 1. The lowest BCUT2D eigenvalue weighted by atomic mass is 9.96. The van der Waals surface area contributed by atoms with Gasteiger partial charge >= 0.3 is 0 Å². The maximum Gasteiger partial charge on any atom is 0.0644 e. The minimum atomic E-state index is 0.151. The fraction of sp³-hybridized carbons (Fsp3) is 0.800. The molecule has 2 rings (SSSR count). The maximum absolute atomic E-state index is 9.08. The third-order valence-electron chi connectivity index (χ3n) is 4.56. The van der Waals surface area contributed by atoms with Gasteiger partial charge in [0, 0.05) is 29.9 Å². The highest BCUT2D eigenvalue weighted by Crippen LogP contribution is 2.26. The van der Waals surface area contributed by atoms with Crippen molar-refractivity contribution in [1.29, 1.82) is 0 Å². The van der Waals surface area contributed by atoms with Crippen molar-refractivity contribution in [2.75, 3.05) is 6.61 Å². The molecule has 0 saturated carbocycles. The molecule has 1 aromatic heterocycles. The van der Waals surface area contributed by atoms with E-state index in [0.717, 1.165) is 12.2 Å². The number of piperidine rings is 1. The van der Waals surface area contributed by atoms with E-state index in [9.17, 15) is 0 Å². The van der Waals surface area contributed by atoms with Crippen molar-refractivity contribution in [3.8, 4) is 0 Å². The summed E-state index contributed by atoms with van der Waals surface area (Å²) in [5, 5.41) is 13.6. The molecule has 4 heteroatoms. The number of hydrogen-bond acceptors (Lipinski definition) is 3. The average molecular weight is 265 g/mol. The Balaban J connectivity index is 2.18. The summed E-state index contributed by atoms with van der Waals surface area (Å²) in [6, 6.07) is 1.31. The van der Waals surface area contributed by atoms with E-state index in [1.165, 1.54) is 30.5 Å². The molecule has 0 bridgehead atoms. The molecule has 4 nitrogen and oxygen atoms in total. The molecular formula is C15H27N3O. The predicted molar refractivity (Wildman–Crippen MR) is 77.1 cm³/mol. The molecule has 1 aliphatic heterocycles. The van der Waals surface area contributed by atoms with Crippen LogP contribution in [0.4, 0.5) is 0 Å². The van der Waals surface area contributed by atoms with Crippen LogP contribution in [0.1, 0.15) is 50.1 Å². The lowest BCUT2D eigenvalue weighted by Crippen LogP contribution is -2.43. The second-order valence-corrected chi connectivity index (χ2v) is 5.90. The fourth-order valence-electron chi connectivity index (χ4n) is 3.24. The smallest absolute Gasteiger partial charge is 0.0644 e. The molecule has 2 atom stereocenters. The van der Waals surface area contributed by atoms with Gasteiger partial charge in [-0.3, -0.25) is 9.58 Å². The number of rotatable bonds is 4. The second-order valence-electron chi connectivity index (χ2n) is 5.90. The van der Waals surface area contributed by atoms with E-state index in [4.69, 9.17) is 5.11 Å². The van der Waals surface area contributed by atoms with Crippen LogP contribution in [0.25, 0.3) is 0 Å². The van der Waals surface area contributed by atoms with E-state index in [0.29, 0.717) is 18.6 Å². The van der Waals surface area contributed by atoms with Crippen LogP contribution in [0, 0.1) is 13.8 Å². The molecule has 19 heavy (non-hydrogen) atoms. The van der Waals surface area contributed by atoms with Crippen LogP contribution in [0.15, 0.2) is 0 Å². The van der Waals surface area contributed by atoms with Crippen LogP contribution in [-0.4, -0.2) is 38.5 Å². The molecular weight excluding hydrogens is 238 g/mol. The Morgan fingerprint density at radius 2 is 1.84 bits per heavy atom. The third-order valence-corrected chi connectivity index (χ3v) is 4.56. The zero-order chi connectivity index (χ0) is 14.0. The van der Waals surface area contributed by atoms with Gasteiger partial charge in [0.2, 0.25) is 0 Å². The molecule has 0 radical (unpaired) electrons. The van der Waals surface area contributed by atoms with Crippen molar-refractivity contribution in [2.24, 2.45) is 0 Å². The van der Waals surface area contributed by atoms with Gasteiger partial charge in [0.05, 0.1) is 18.8 Å². The van der Waals surface area contributed by atoms with E-state index in [-0.39, 0.29) is 6.61 Å². The third kappa shape index (κ3) is 3.00. The van der Waals surface area contributed by atoms with E-state index in [1.54, 1.807) is 0 Å². The SMILES string of the molecule is Cc1nn(CCO)c(C)c1CN1[C@H](C)CCC[C@@H]1C. The molecule has 1 N–H and O–H groups in total. The summed E-state index contributed by atoms with van der Waals surface area (Å²) in [6.07, 6.45) is 3.95. The minimum Gasteiger partial charge on any atom is -0.394 e. The Hall–Kier alpha value is -0.870. The Morgan fingerprint density at radius 3 is 2.42 bits per heavy atom. The van der Waals surface area contributed by atoms with Crippen molar-refractivity contribution in [3.63, 3.8) is 0 Å². The summed E-state index contributed by atoms with van der Waals surface area (Å²) in [7, 11) is 0. The van der Waals surface area contributed by atoms with Crippen LogP contribution in [-0.2, 0) is 13.1 Å². The van der Waals surface area contributed by atoms with Gasteiger partial charge in [0.1, 0.15) is 0 Å². The lowest BCUT2D eigenvalue weighted by molar-refractivity contribution is 0.0948. The molecule has 0 aromatic carbocycles. The zero-order valence-corrected chi connectivity index (χ0v) is 12.7. The molecule has 2 heterocycles. The maximum atomic E-state index is 9.08. The number of aromatic nitrogens is 2. The van der Waals surface area contributed by atoms with E-state index >= 15 is 0 Å². The standard InChI is InChI=1S/C15H27N3O/c1-11-6-5-7-12(2)17(11)10-15-13(3)16-18(8-9-19)14(15)4/h11-12,19H,5-10H2,1-4H3/t11-,12+. The predicted octanol–water partition coefficient (Wildman–Crippen LogP) is 2.26. The molecule has 0 amide bonds. The van der Waals surface area contributed by atoms with Crippen molar-refractivity contribution in [2.45, 2.75) is 72.1 Å². The van der Waals surface area contributed by atoms with Gasteiger partial charge in [-0.25, -0.2) is 0 Å². The summed E-state index contributed by atoms with van der Waals surface area (Å²) >= 11 is 0. The van der Waals surface area contributed by atoms with E-state index < -0.39 is 0 Å². The number of aryl methyl sites for hydroxylation is 1. The lowest BCUT2D eigenvalue weighted by Gasteiger charge is -2.39. The van der Waals surface area contributed by atoms with Gasteiger partial charge < -0.3 is 5.11 Å². The first-order valence-corrected chi connectivity index (χ1v) is 7.44. The van der Waals surface area contributed by atoms with Crippen molar-refractivity contribution < 1.29 is 5.11 Å². The highest BCUT2D eigenvalue weighted by atomic mass is 16.3. The van der Waals surface area contributed by atoms with Crippen LogP contribution >= 0.6 is 0 Å². The fourth-order valence-corrected chi connectivity index (χ4v) is 3.24. The summed E-state index contributed by atoms with van der Waals surface area (Å²) in [5.74, 6) is 0. The molecule has 0 spiro atoms. The number of likely N-dealkylation sites (tertiary alicyclic amines) is 1. The molecule has 1 saturated heterocycles. The van der Waals surface area contributed by atoms with Gasteiger partial charge in [0.15, 0.2) is 0 Å². The molecule has 1 fully saturated rings. The summed E-state index contributed by atoms with van der Waals surface area (Å²) in [6.45, 7) is 10.6. The van der Waals surface area contributed by atoms with Gasteiger partial charge in [-0.2, -0.15) is 5.10 Å². The monoisotopic (exact) mass is 265 g/mol. The number of aliphatic hydroxyl groups is 1. The minimum absolute atomic E-state index is 0.151. The second kappa shape index (κ2) is 6.06. The first kappa shape index (κ1) is 14.5. The average Bonchev–Trinajstić information content (AvgIpc) is 2.61. The first-order chi connectivity index (χ1) is 9.04. The van der Waals surface area contributed by atoms with E-state index in [2.05, 4.69) is 37.7 Å². The molecule has 0 aliphatic carbocycles. The van der Waals surface area contributed by atoms with Gasteiger partial charge in [-0.1, -0.05) is 6.42 Å². The normalized spacial score (nSPS) is 24.9.